The molecule has 0 amide bonds. The minimum atomic E-state index is 0.00637. The number of rotatable bonds is 1. The van der Waals surface area contributed by atoms with Gasteiger partial charge in [-0.25, -0.2) is 0 Å². The van der Waals surface area contributed by atoms with Gasteiger partial charge in [0.05, 0.1) is 7.85 Å². The van der Waals surface area contributed by atoms with E-state index in [1.807, 2.05) is 0 Å². The predicted octanol–water partition coefficient (Wildman–Crippen LogP) is 2.76. The minimum Gasteiger partial charge on any atom is -0.175 e. The van der Waals surface area contributed by atoms with Crippen LogP contribution in [0.15, 0.2) is 0 Å². The van der Waals surface area contributed by atoms with E-state index in [1.54, 1.807) is 10.8 Å². The second-order valence-electron chi connectivity index (χ2n) is 3.61. The van der Waals surface area contributed by atoms with Gasteiger partial charge < -0.3 is 0 Å². The van der Waals surface area contributed by atoms with Gasteiger partial charge >= 0.3 is 0 Å². The average Bonchev–Trinajstić information content (AvgIpc) is 1.86. The summed E-state index contributed by atoms with van der Waals surface area (Å²) in [6.45, 7) is 2.11. The first-order valence-electron chi connectivity index (χ1n) is 3.82. The third kappa shape index (κ3) is 2.81. The highest BCUT2D eigenvalue weighted by atomic mass is 33.1. The Bertz CT molecular complexity index is 138. The Morgan fingerprint density at radius 3 is 2.73 bits per heavy atom. The lowest BCUT2D eigenvalue weighted by atomic mass is 9.61. The predicted molar refractivity (Wildman–Crippen MR) is 61.1 cm³/mol. The van der Waals surface area contributed by atoms with E-state index in [0.717, 1.165) is 19.3 Å². The summed E-state index contributed by atoms with van der Waals surface area (Å²) in [5.74, 6) is 0. The smallest absolute Gasteiger partial charge is 0.0743 e. The highest BCUT2D eigenvalue weighted by molar-refractivity contribution is 8.69. The van der Waals surface area contributed by atoms with Crippen molar-refractivity contribution in [3.05, 3.63) is 0 Å². The first-order valence-corrected chi connectivity index (χ1v) is 6.27. The lowest BCUT2D eigenvalue weighted by Gasteiger charge is -2.37. The molecule has 0 heterocycles. The fourth-order valence-electron chi connectivity index (χ4n) is 1.50. The second kappa shape index (κ2) is 3.88. The topological polar surface area (TPSA) is 0 Å². The molecule has 0 nitrogen and oxygen atoms in total. The molecule has 1 saturated carbocycles. The Morgan fingerprint density at radius 1 is 1.64 bits per heavy atom. The summed E-state index contributed by atoms with van der Waals surface area (Å²) >= 11 is 8.71. The van der Waals surface area contributed by atoms with Gasteiger partial charge in [-0.2, -0.15) is 12.6 Å². The van der Waals surface area contributed by atoms with Gasteiger partial charge in [0.15, 0.2) is 0 Å². The van der Waals surface area contributed by atoms with Crippen LogP contribution in [0.1, 0.15) is 26.2 Å². The van der Waals surface area contributed by atoms with E-state index in [2.05, 4.69) is 31.2 Å². The van der Waals surface area contributed by atoms with Crippen molar-refractivity contribution in [2.75, 3.05) is 0 Å². The van der Waals surface area contributed by atoms with Crippen LogP contribution in [0.5, 0.6) is 0 Å². The van der Waals surface area contributed by atoms with Crippen molar-refractivity contribution in [2.24, 2.45) is 0 Å². The van der Waals surface area contributed by atoms with Gasteiger partial charge in [0, 0.05) is 10.5 Å². The maximum absolute atomic E-state index is 6.00. The first-order chi connectivity index (χ1) is 5.05. The molecule has 1 aliphatic rings. The number of hydrogen-bond donors (Lipinski definition) is 2. The molecular formula is C7H13BS3. The van der Waals surface area contributed by atoms with Crippen LogP contribution in [0.4, 0.5) is 0 Å². The molecule has 0 spiro atoms. The van der Waals surface area contributed by atoms with Crippen molar-refractivity contribution in [2.45, 2.75) is 42.0 Å². The molecule has 0 saturated heterocycles. The largest absolute Gasteiger partial charge is 0.175 e. The molecule has 2 radical (unpaired) electrons. The molecule has 11 heavy (non-hydrogen) atoms. The summed E-state index contributed by atoms with van der Waals surface area (Å²) in [4.78, 5) is 0. The first kappa shape index (κ1) is 10.2. The molecule has 0 aromatic heterocycles. The highest BCUT2D eigenvalue weighted by Crippen LogP contribution is 2.45. The van der Waals surface area contributed by atoms with Crippen LogP contribution in [0, 0.1) is 0 Å². The molecule has 3 unspecified atom stereocenters. The average molecular weight is 204 g/mol. The summed E-state index contributed by atoms with van der Waals surface area (Å²) in [5, 5.41) is 1.01. The van der Waals surface area contributed by atoms with Gasteiger partial charge in [0.1, 0.15) is 0 Å². The molecule has 0 bridgehead atoms. The lowest BCUT2D eigenvalue weighted by Crippen LogP contribution is -2.29. The second-order valence-corrected chi connectivity index (χ2v) is 5.72. The van der Waals surface area contributed by atoms with Crippen LogP contribution in [0.3, 0.4) is 0 Å². The van der Waals surface area contributed by atoms with Crippen LogP contribution in [0.25, 0.3) is 0 Å². The van der Waals surface area contributed by atoms with E-state index in [0.29, 0.717) is 10.5 Å². The summed E-state index contributed by atoms with van der Waals surface area (Å²) < 4.78 is 0. The normalized spacial score (nSPS) is 45.7. The van der Waals surface area contributed by atoms with Crippen LogP contribution >= 0.6 is 35.1 Å². The zero-order valence-corrected chi connectivity index (χ0v) is 9.26. The van der Waals surface area contributed by atoms with Crippen LogP contribution in [-0.4, -0.2) is 18.3 Å². The van der Waals surface area contributed by atoms with Gasteiger partial charge in [-0.3, -0.25) is 0 Å². The molecule has 4 heteroatoms. The molecular weight excluding hydrogens is 191 g/mol. The van der Waals surface area contributed by atoms with Crippen molar-refractivity contribution >= 4 is 42.9 Å². The van der Waals surface area contributed by atoms with E-state index >= 15 is 0 Å². The minimum absolute atomic E-state index is 0.00637. The summed E-state index contributed by atoms with van der Waals surface area (Å²) in [6.07, 6.45) is 3.26. The Labute approximate surface area is 84.9 Å². The number of hydrogen-bond acceptors (Lipinski definition) is 3. The van der Waals surface area contributed by atoms with E-state index < -0.39 is 0 Å². The van der Waals surface area contributed by atoms with Crippen molar-refractivity contribution < 1.29 is 0 Å². The van der Waals surface area contributed by atoms with Gasteiger partial charge in [0.25, 0.3) is 0 Å². The zero-order valence-electron chi connectivity index (χ0n) is 6.66. The molecule has 62 valence electrons. The maximum Gasteiger partial charge on any atom is 0.0743 e. The molecule has 0 N–H and O–H groups in total. The quantitative estimate of drug-likeness (QED) is 0.376. The Kier molecular flexibility index (Phi) is 3.60. The van der Waals surface area contributed by atoms with E-state index in [-0.39, 0.29) is 5.31 Å². The van der Waals surface area contributed by atoms with Crippen LogP contribution in [-0.2, 0) is 0 Å². The summed E-state index contributed by atoms with van der Waals surface area (Å²) in [5.41, 5.74) is 0. The van der Waals surface area contributed by atoms with Crippen LogP contribution < -0.4 is 0 Å². The third-order valence-corrected chi connectivity index (χ3v) is 4.63. The molecule has 1 fully saturated rings. The Morgan fingerprint density at radius 2 is 2.27 bits per heavy atom. The van der Waals surface area contributed by atoms with Gasteiger partial charge in [-0.1, -0.05) is 29.5 Å². The lowest BCUT2D eigenvalue weighted by molar-refractivity contribution is 0.424. The monoisotopic (exact) mass is 204 g/mol. The van der Waals surface area contributed by atoms with E-state index in [1.165, 1.54) is 0 Å². The van der Waals surface area contributed by atoms with Gasteiger partial charge in [-0.15, -0.1) is 11.7 Å². The molecule has 1 aliphatic carbocycles. The van der Waals surface area contributed by atoms with Crippen molar-refractivity contribution in [1.29, 1.82) is 0 Å². The molecule has 3 atom stereocenters. The number of thiol groups is 2. The van der Waals surface area contributed by atoms with Crippen molar-refractivity contribution in [3.63, 3.8) is 0 Å². The standard InChI is InChI=1S/C7H13BS3/c1-7(8)3-2-6(11-10)5(9)4-7/h5-6,9-10H,2-4H2,1H3. The fraction of sp³-hybridized carbons (Fsp3) is 1.00. The Hall–Kier alpha value is 1.11. The molecule has 0 aromatic carbocycles. The molecule has 0 aliphatic heterocycles. The molecule has 1 rings (SSSR count). The van der Waals surface area contributed by atoms with E-state index in [4.69, 9.17) is 7.85 Å². The van der Waals surface area contributed by atoms with Crippen LogP contribution in [0.2, 0.25) is 5.31 Å². The third-order valence-electron chi connectivity index (χ3n) is 2.24. The maximum atomic E-state index is 6.00. The van der Waals surface area contributed by atoms with Gasteiger partial charge in [0.2, 0.25) is 0 Å². The summed E-state index contributed by atoms with van der Waals surface area (Å²) in [6, 6.07) is 0. The highest BCUT2D eigenvalue weighted by Gasteiger charge is 2.32. The molecule has 0 aromatic rings. The van der Waals surface area contributed by atoms with Gasteiger partial charge in [-0.05, 0) is 12.8 Å². The SMILES string of the molecule is [B]C1(C)CCC(SS)C(S)C1. The fourth-order valence-corrected chi connectivity index (χ4v) is 3.75. The van der Waals surface area contributed by atoms with E-state index in [9.17, 15) is 0 Å². The zero-order chi connectivity index (χ0) is 8.48. The summed E-state index contributed by atoms with van der Waals surface area (Å²) in [7, 11) is 7.62. The van der Waals surface area contributed by atoms with Crippen molar-refractivity contribution in [3.8, 4) is 0 Å². The van der Waals surface area contributed by atoms with Crippen molar-refractivity contribution in [1.82, 2.24) is 0 Å². The Balaban J connectivity index is 2.48.